The highest BCUT2D eigenvalue weighted by molar-refractivity contribution is 5.90. The number of fused-ring (bicyclic) bond motifs is 1. The molecule has 7 nitrogen and oxygen atoms in total. The van der Waals surface area contributed by atoms with Gasteiger partial charge < -0.3 is 14.9 Å². The topological polar surface area (TPSA) is 111 Å². The minimum atomic E-state index is 0.0605. The SMILES string of the molecule is COc1ccnc2ccc(-c3nc(C#N)c(N)nc3-c3ccc(C)o3)cc12. The van der Waals surface area contributed by atoms with Crippen LogP contribution in [0.4, 0.5) is 5.82 Å². The van der Waals surface area contributed by atoms with E-state index in [2.05, 4.69) is 15.0 Å². The lowest BCUT2D eigenvalue weighted by molar-refractivity contribution is 0.419. The van der Waals surface area contributed by atoms with E-state index >= 15 is 0 Å². The molecule has 27 heavy (non-hydrogen) atoms. The number of rotatable bonds is 3. The molecule has 0 aliphatic heterocycles. The molecule has 0 aliphatic carbocycles. The number of benzene rings is 1. The van der Waals surface area contributed by atoms with Gasteiger partial charge in [0.2, 0.25) is 0 Å². The van der Waals surface area contributed by atoms with Crippen LogP contribution in [-0.4, -0.2) is 22.1 Å². The van der Waals surface area contributed by atoms with Crippen molar-refractivity contribution in [3.63, 3.8) is 0 Å². The van der Waals surface area contributed by atoms with Crippen molar-refractivity contribution >= 4 is 16.7 Å². The van der Waals surface area contributed by atoms with Crippen molar-refractivity contribution in [1.82, 2.24) is 15.0 Å². The number of aromatic nitrogens is 3. The monoisotopic (exact) mass is 357 g/mol. The lowest BCUT2D eigenvalue weighted by Gasteiger charge is -2.10. The third-order valence-corrected chi connectivity index (χ3v) is 4.20. The zero-order valence-electron chi connectivity index (χ0n) is 14.7. The number of nitrogen functional groups attached to an aromatic ring is 1. The average Bonchev–Trinajstić information content (AvgIpc) is 3.13. The Balaban J connectivity index is 2.00. The van der Waals surface area contributed by atoms with Crippen LogP contribution in [0.25, 0.3) is 33.6 Å². The van der Waals surface area contributed by atoms with Crippen LogP contribution in [0.3, 0.4) is 0 Å². The zero-order valence-corrected chi connectivity index (χ0v) is 14.7. The fourth-order valence-electron chi connectivity index (χ4n) is 2.91. The van der Waals surface area contributed by atoms with Crippen molar-refractivity contribution < 1.29 is 9.15 Å². The number of aryl methyl sites for hydroxylation is 1. The first-order valence-electron chi connectivity index (χ1n) is 8.18. The van der Waals surface area contributed by atoms with Crippen LogP contribution in [0.15, 0.2) is 47.0 Å². The number of pyridine rings is 1. The van der Waals surface area contributed by atoms with Gasteiger partial charge in [0.25, 0.3) is 0 Å². The predicted molar refractivity (Wildman–Crippen MR) is 101 cm³/mol. The van der Waals surface area contributed by atoms with Crippen LogP contribution >= 0.6 is 0 Å². The van der Waals surface area contributed by atoms with E-state index in [4.69, 9.17) is 14.9 Å². The van der Waals surface area contributed by atoms with Gasteiger partial charge >= 0.3 is 0 Å². The molecule has 0 amide bonds. The van der Waals surface area contributed by atoms with Crippen molar-refractivity contribution in [2.45, 2.75) is 6.92 Å². The van der Waals surface area contributed by atoms with Gasteiger partial charge in [-0.1, -0.05) is 6.07 Å². The average molecular weight is 357 g/mol. The molecule has 1 aromatic carbocycles. The summed E-state index contributed by atoms with van der Waals surface area (Å²) in [5.41, 5.74) is 8.47. The Bertz CT molecular complexity index is 1210. The summed E-state index contributed by atoms with van der Waals surface area (Å²) in [6.45, 7) is 1.84. The normalized spacial score (nSPS) is 10.7. The third kappa shape index (κ3) is 2.83. The number of methoxy groups -OCH3 is 1. The summed E-state index contributed by atoms with van der Waals surface area (Å²) in [6.07, 6.45) is 1.69. The fourth-order valence-corrected chi connectivity index (χ4v) is 2.91. The van der Waals surface area contributed by atoms with Crippen molar-refractivity contribution in [3.05, 3.63) is 54.0 Å². The fraction of sp³-hybridized carbons (Fsp3) is 0.100. The van der Waals surface area contributed by atoms with Gasteiger partial charge in [-0.05, 0) is 37.3 Å². The van der Waals surface area contributed by atoms with Gasteiger partial charge in [-0.25, -0.2) is 9.97 Å². The summed E-state index contributed by atoms with van der Waals surface area (Å²) in [5.74, 6) is 2.03. The molecule has 7 heteroatoms. The Hall–Kier alpha value is -3.92. The standard InChI is InChI=1S/C20H15N5O2/c1-11-3-6-17(27-11)19-18(24-15(10-21)20(22)25-19)12-4-5-14-13(9-12)16(26-2)7-8-23-14/h3-9H,1-2H3,(H2,22,25). The molecule has 0 aliphatic rings. The molecule has 0 radical (unpaired) electrons. The van der Waals surface area contributed by atoms with Gasteiger partial charge in [-0.2, -0.15) is 5.26 Å². The van der Waals surface area contributed by atoms with E-state index in [9.17, 15) is 5.26 Å². The Morgan fingerprint density at radius 3 is 2.67 bits per heavy atom. The molecule has 0 spiro atoms. The maximum absolute atomic E-state index is 9.32. The largest absolute Gasteiger partial charge is 0.496 e. The van der Waals surface area contributed by atoms with Crippen LogP contribution in [0.5, 0.6) is 5.75 Å². The Morgan fingerprint density at radius 1 is 1.11 bits per heavy atom. The van der Waals surface area contributed by atoms with Gasteiger partial charge in [-0.3, -0.25) is 4.98 Å². The number of nitriles is 1. The van der Waals surface area contributed by atoms with Gasteiger partial charge in [0.1, 0.15) is 29.0 Å². The highest BCUT2D eigenvalue weighted by Crippen LogP contribution is 2.34. The first-order valence-corrected chi connectivity index (χ1v) is 8.18. The predicted octanol–water partition coefficient (Wildman–Crippen LogP) is 3.72. The quantitative estimate of drug-likeness (QED) is 0.595. The van der Waals surface area contributed by atoms with E-state index in [1.165, 1.54) is 0 Å². The van der Waals surface area contributed by atoms with Crippen LogP contribution in [-0.2, 0) is 0 Å². The van der Waals surface area contributed by atoms with E-state index in [1.54, 1.807) is 25.4 Å². The molecular formula is C20H15N5O2. The lowest BCUT2D eigenvalue weighted by atomic mass is 10.0. The molecule has 3 aromatic heterocycles. The van der Waals surface area contributed by atoms with Crippen molar-refractivity contribution in [1.29, 1.82) is 5.26 Å². The lowest BCUT2D eigenvalue weighted by Crippen LogP contribution is -2.03. The van der Waals surface area contributed by atoms with Gasteiger partial charge in [0.05, 0.1) is 12.6 Å². The highest BCUT2D eigenvalue weighted by Gasteiger charge is 2.18. The van der Waals surface area contributed by atoms with Gasteiger partial charge in [-0.15, -0.1) is 0 Å². The molecular weight excluding hydrogens is 342 g/mol. The van der Waals surface area contributed by atoms with Crippen LogP contribution in [0.1, 0.15) is 11.5 Å². The molecule has 3 heterocycles. The molecule has 0 saturated heterocycles. The first kappa shape index (κ1) is 16.5. The Kier molecular flexibility index (Phi) is 3.94. The smallest absolute Gasteiger partial charge is 0.183 e. The summed E-state index contributed by atoms with van der Waals surface area (Å²) in [6, 6.07) is 13.1. The van der Waals surface area contributed by atoms with Crippen LogP contribution in [0.2, 0.25) is 0 Å². The summed E-state index contributed by atoms with van der Waals surface area (Å²) in [4.78, 5) is 13.2. The van der Waals surface area contributed by atoms with E-state index in [1.807, 2.05) is 37.3 Å². The number of nitrogens with zero attached hydrogens (tertiary/aromatic N) is 4. The molecule has 0 saturated carbocycles. The van der Waals surface area contributed by atoms with E-state index in [-0.39, 0.29) is 11.5 Å². The Labute approximate surface area is 155 Å². The summed E-state index contributed by atoms with van der Waals surface area (Å²) in [7, 11) is 1.61. The van der Waals surface area contributed by atoms with Gasteiger partial charge in [0, 0.05) is 17.1 Å². The molecule has 0 unspecified atom stereocenters. The minimum Gasteiger partial charge on any atom is -0.496 e. The van der Waals surface area contributed by atoms with Crippen molar-refractivity contribution in [2.24, 2.45) is 0 Å². The molecule has 0 fully saturated rings. The molecule has 2 N–H and O–H groups in total. The maximum atomic E-state index is 9.32. The molecule has 0 bridgehead atoms. The summed E-state index contributed by atoms with van der Waals surface area (Å²) < 4.78 is 11.1. The molecule has 0 atom stereocenters. The number of furan rings is 1. The summed E-state index contributed by atoms with van der Waals surface area (Å²) in [5, 5.41) is 10.2. The Morgan fingerprint density at radius 2 is 1.96 bits per heavy atom. The number of ether oxygens (including phenoxy) is 1. The van der Waals surface area contributed by atoms with Crippen molar-refractivity contribution in [3.8, 4) is 34.5 Å². The minimum absolute atomic E-state index is 0.0605. The van der Waals surface area contributed by atoms with Crippen LogP contribution in [0, 0.1) is 18.3 Å². The second-order valence-corrected chi connectivity index (χ2v) is 5.92. The molecule has 132 valence electrons. The molecule has 4 rings (SSSR count). The van der Waals surface area contributed by atoms with E-state index in [0.717, 1.165) is 22.2 Å². The zero-order chi connectivity index (χ0) is 19.0. The number of hydrogen-bond donors (Lipinski definition) is 1. The highest BCUT2D eigenvalue weighted by atomic mass is 16.5. The maximum Gasteiger partial charge on any atom is 0.183 e. The van der Waals surface area contributed by atoms with Crippen LogP contribution < -0.4 is 10.5 Å². The third-order valence-electron chi connectivity index (χ3n) is 4.20. The number of anilines is 1. The number of nitrogens with two attached hydrogens (primary N) is 1. The second-order valence-electron chi connectivity index (χ2n) is 5.92. The van der Waals surface area contributed by atoms with E-state index < -0.39 is 0 Å². The van der Waals surface area contributed by atoms with Crippen molar-refractivity contribution in [2.75, 3.05) is 12.8 Å². The van der Waals surface area contributed by atoms with E-state index in [0.29, 0.717) is 22.9 Å². The first-order chi connectivity index (χ1) is 13.1. The number of hydrogen-bond acceptors (Lipinski definition) is 7. The molecule has 4 aromatic rings. The summed E-state index contributed by atoms with van der Waals surface area (Å²) >= 11 is 0. The second kappa shape index (κ2) is 6.42. The van der Waals surface area contributed by atoms with Gasteiger partial charge in [0.15, 0.2) is 17.3 Å².